The third kappa shape index (κ3) is 2.44. The monoisotopic (exact) mass is 219 g/mol. The summed E-state index contributed by atoms with van der Waals surface area (Å²) in [4.78, 5) is 22.0. The number of hydrogen-bond acceptors (Lipinski definition) is 5. The van der Waals surface area contributed by atoms with Crippen molar-refractivity contribution in [3.8, 4) is 0 Å². The molecule has 0 aliphatic rings. The Balaban J connectivity index is 5.49. The normalized spacial score (nSPS) is 12.9. The summed E-state index contributed by atoms with van der Waals surface area (Å²) in [5.41, 5.74) is 13.4. The molecule has 7 heteroatoms. The van der Waals surface area contributed by atoms with E-state index in [9.17, 15) is 9.59 Å². The van der Waals surface area contributed by atoms with Crippen LogP contribution in [0.3, 0.4) is 0 Å². The van der Waals surface area contributed by atoms with Crippen LogP contribution in [0.2, 0.25) is 0 Å². The average Bonchev–Trinajstić information content (AvgIpc) is 1.95. The van der Waals surface area contributed by atoms with E-state index in [1.54, 1.807) is 13.8 Å². The van der Waals surface area contributed by atoms with E-state index in [0.29, 0.717) is 0 Å². The van der Waals surface area contributed by atoms with Crippen molar-refractivity contribution in [3.63, 3.8) is 0 Å². The van der Waals surface area contributed by atoms with E-state index in [2.05, 4.69) is 0 Å². The van der Waals surface area contributed by atoms with Crippen LogP contribution in [0.25, 0.3) is 0 Å². The highest BCUT2D eigenvalue weighted by molar-refractivity contribution is 5.99. The molecule has 0 saturated heterocycles. The van der Waals surface area contributed by atoms with Crippen molar-refractivity contribution >= 4 is 11.9 Å². The molecule has 0 unspecified atom stereocenters. The van der Waals surface area contributed by atoms with Crippen LogP contribution in [0, 0.1) is 11.3 Å². The zero-order chi connectivity index (χ0) is 12.4. The van der Waals surface area contributed by atoms with Crippen molar-refractivity contribution in [1.29, 1.82) is 0 Å². The van der Waals surface area contributed by atoms with Gasteiger partial charge in [0.05, 0.1) is 0 Å². The van der Waals surface area contributed by atoms with E-state index in [1.165, 1.54) is 0 Å². The second-order valence-electron chi connectivity index (χ2n) is 4.05. The van der Waals surface area contributed by atoms with E-state index in [-0.39, 0.29) is 12.3 Å². The van der Waals surface area contributed by atoms with E-state index < -0.39 is 23.1 Å². The second-order valence-corrected chi connectivity index (χ2v) is 4.05. The molecule has 8 N–H and O–H groups in total. The van der Waals surface area contributed by atoms with Gasteiger partial charge < -0.3 is 10.2 Å². The number of carboxylic acids is 2. The number of nitrogens with two attached hydrogens (primary N) is 3. The van der Waals surface area contributed by atoms with Crippen LogP contribution in [0.4, 0.5) is 0 Å². The Kier molecular flexibility index (Phi) is 3.81. The van der Waals surface area contributed by atoms with Gasteiger partial charge in [0.25, 0.3) is 0 Å². The fourth-order valence-electron chi connectivity index (χ4n) is 1.43. The highest BCUT2D eigenvalue weighted by atomic mass is 16.4. The van der Waals surface area contributed by atoms with Crippen molar-refractivity contribution in [2.24, 2.45) is 28.5 Å². The Morgan fingerprint density at radius 1 is 1.13 bits per heavy atom. The first-order chi connectivity index (χ1) is 6.55. The van der Waals surface area contributed by atoms with Crippen molar-refractivity contribution in [2.75, 3.05) is 0 Å². The lowest BCUT2D eigenvalue weighted by Gasteiger charge is -2.37. The Morgan fingerprint density at radius 3 is 1.53 bits per heavy atom. The maximum absolute atomic E-state index is 11.0. The first-order valence-electron chi connectivity index (χ1n) is 4.39. The molecule has 0 saturated carbocycles. The molecule has 0 aromatic heterocycles. The number of rotatable bonds is 5. The number of carboxylic acid groups (broad SMARTS) is 2. The summed E-state index contributed by atoms with van der Waals surface area (Å²) in [7, 11) is 0. The fraction of sp³-hybridized carbons (Fsp3) is 0.750. The van der Waals surface area contributed by atoms with Gasteiger partial charge in [-0.25, -0.2) is 0 Å². The van der Waals surface area contributed by atoms with Crippen LogP contribution in [0.15, 0.2) is 0 Å². The molecule has 7 nitrogen and oxygen atoms in total. The van der Waals surface area contributed by atoms with Gasteiger partial charge in [-0.2, -0.15) is 0 Å². The number of hydrogen-bond donors (Lipinski definition) is 5. The van der Waals surface area contributed by atoms with Gasteiger partial charge in [-0.3, -0.25) is 26.8 Å². The van der Waals surface area contributed by atoms with Crippen LogP contribution in [0.1, 0.15) is 20.3 Å². The topological polar surface area (TPSA) is 153 Å². The molecule has 0 aliphatic carbocycles. The van der Waals surface area contributed by atoms with E-state index in [4.69, 9.17) is 27.4 Å². The van der Waals surface area contributed by atoms with Gasteiger partial charge in [0.15, 0.2) is 0 Å². The fourth-order valence-corrected chi connectivity index (χ4v) is 1.43. The summed E-state index contributed by atoms with van der Waals surface area (Å²) in [6.45, 7) is 3.32. The summed E-state index contributed by atoms with van der Waals surface area (Å²) in [5, 5.41) is 17.9. The van der Waals surface area contributed by atoms with Crippen molar-refractivity contribution in [2.45, 2.75) is 26.1 Å². The first kappa shape index (κ1) is 13.8. The molecular formula is C8H17N3O4. The molecule has 0 heterocycles. The predicted molar refractivity (Wildman–Crippen MR) is 52.5 cm³/mol. The Bertz CT molecular complexity index is 256. The van der Waals surface area contributed by atoms with Gasteiger partial charge in [0.2, 0.25) is 5.41 Å². The summed E-state index contributed by atoms with van der Waals surface area (Å²) >= 11 is 0. The average molecular weight is 219 g/mol. The quantitative estimate of drug-likeness (QED) is 0.285. The summed E-state index contributed by atoms with van der Waals surface area (Å²) in [5.74, 6) is -5.78. The number of carbonyl (C=O) groups is 2. The molecule has 0 bridgehead atoms. The van der Waals surface area contributed by atoms with Crippen molar-refractivity contribution < 1.29 is 19.8 Å². The van der Waals surface area contributed by atoms with Crippen molar-refractivity contribution in [3.05, 3.63) is 0 Å². The van der Waals surface area contributed by atoms with E-state index >= 15 is 0 Å². The predicted octanol–water partition coefficient (Wildman–Crippen LogP) is -1.28. The number of aliphatic carboxylic acids is 2. The maximum Gasteiger partial charge on any atom is 0.325 e. The molecule has 0 radical (unpaired) electrons. The van der Waals surface area contributed by atoms with Crippen LogP contribution < -0.4 is 17.2 Å². The van der Waals surface area contributed by atoms with Crippen LogP contribution in [-0.2, 0) is 9.59 Å². The molecule has 0 atom stereocenters. The SMILES string of the molecule is CC(C)CC(C(=O)O)(C(=O)O)C(N)(N)N. The summed E-state index contributed by atoms with van der Waals surface area (Å²) in [6.07, 6.45) is -0.235. The molecule has 0 amide bonds. The molecule has 0 aliphatic heterocycles. The lowest BCUT2D eigenvalue weighted by atomic mass is 9.74. The zero-order valence-corrected chi connectivity index (χ0v) is 8.73. The van der Waals surface area contributed by atoms with Gasteiger partial charge in [0, 0.05) is 0 Å². The lowest BCUT2D eigenvalue weighted by Crippen LogP contribution is -2.74. The third-order valence-corrected chi connectivity index (χ3v) is 2.18. The standard InChI is InChI=1S/C8H17N3O4/c1-4(2)3-7(5(12)13,6(14)15)8(9,10)11/h4H,3,9-11H2,1-2H3,(H,12,13)(H,14,15). The third-order valence-electron chi connectivity index (χ3n) is 2.18. The highest BCUT2D eigenvalue weighted by Crippen LogP contribution is 2.32. The van der Waals surface area contributed by atoms with Gasteiger partial charge in [-0.05, 0) is 12.3 Å². The summed E-state index contributed by atoms with van der Waals surface area (Å²) in [6, 6.07) is 0. The molecule has 0 fully saturated rings. The molecule has 0 aromatic carbocycles. The summed E-state index contributed by atoms with van der Waals surface area (Å²) < 4.78 is 0. The van der Waals surface area contributed by atoms with Crippen LogP contribution in [0.5, 0.6) is 0 Å². The molecule has 88 valence electrons. The zero-order valence-electron chi connectivity index (χ0n) is 8.73. The molecule has 0 spiro atoms. The Labute approximate surface area is 87.2 Å². The Morgan fingerprint density at radius 2 is 1.47 bits per heavy atom. The van der Waals surface area contributed by atoms with E-state index in [1.807, 2.05) is 0 Å². The van der Waals surface area contributed by atoms with Gasteiger partial charge >= 0.3 is 11.9 Å². The van der Waals surface area contributed by atoms with Crippen molar-refractivity contribution in [1.82, 2.24) is 0 Å². The van der Waals surface area contributed by atoms with Crippen LogP contribution in [-0.4, -0.2) is 27.9 Å². The maximum atomic E-state index is 11.0. The minimum atomic E-state index is -2.37. The van der Waals surface area contributed by atoms with Gasteiger partial charge in [-0.15, -0.1) is 0 Å². The molecule has 0 rings (SSSR count). The lowest BCUT2D eigenvalue weighted by molar-refractivity contribution is -0.172. The minimum absolute atomic E-state index is 0.216. The smallest absolute Gasteiger partial charge is 0.325 e. The largest absolute Gasteiger partial charge is 0.480 e. The van der Waals surface area contributed by atoms with Crippen LogP contribution >= 0.6 is 0 Å². The van der Waals surface area contributed by atoms with Gasteiger partial charge in [-0.1, -0.05) is 13.8 Å². The minimum Gasteiger partial charge on any atom is -0.480 e. The first-order valence-corrected chi connectivity index (χ1v) is 4.39. The molecular weight excluding hydrogens is 202 g/mol. The second kappa shape index (κ2) is 4.13. The molecule has 0 aromatic rings. The van der Waals surface area contributed by atoms with Gasteiger partial charge in [0.1, 0.15) is 5.79 Å². The highest BCUT2D eigenvalue weighted by Gasteiger charge is 2.58. The van der Waals surface area contributed by atoms with E-state index in [0.717, 1.165) is 0 Å². The Hall–Kier alpha value is -1.18. The molecule has 15 heavy (non-hydrogen) atoms.